The zero-order valence-corrected chi connectivity index (χ0v) is 16.1. The highest BCUT2D eigenvalue weighted by Crippen LogP contribution is 2.26. The molecule has 1 amide bonds. The Kier molecular flexibility index (Phi) is 5.78. The lowest BCUT2D eigenvalue weighted by atomic mass is 10.1. The molecule has 26 heavy (non-hydrogen) atoms. The summed E-state index contributed by atoms with van der Waals surface area (Å²) in [4.78, 5) is 15.3. The standard InChI is InChI=1S/C19H21NO4S2/c1-24-15-4-7-17(8-5-15)26(22,23)18-10-12-20(13-11-18)19(21)9-6-16-3-2-14-25-16/h2-9,14,18H,10-13H2,1H3/b9-6+. The molecule has 1 fully saturated rings. The van der Waals surface area contributed by atoms with E-state index in [4.69, 9.17) is 4.74 Å². The Labute approximate surface area is 157 Å². The number of carbonyl (C=O) groups excluding carboxylic acids is 1. The van der Waals surface area contributed by atoms with Gasteiger partial charge in [0.25, 0.3) is 0 Å². The maximum atomic E-state index is 12.8. The second kappa shape index (κ2) is 8.05. The molecule has 5 nitrogen and oxygen atoms in total. The minimum absolute atomic E-state index is 0.0707. The highest BCUT2D eigenvalue weighted by Gasteiger charge is 2.32. The number of hydrogen-bond acceptors (Lipinski definition) is 5. The van der Waals surface area contributed by atoms with Crippen molar-refractivity contribution in [2.75, 3.05) is 20.2 Å². The quantitative estimate of drug-likeness (QED) is 0.734. The number of rotatable bonds is 5. The van der Waals surface area contributed by atoms with Gasteiger partial charge in [-0.1, -0.05) is 6.07 Å². The van der Waals surface area contributed by atoms with Gasteiger partial charge in [0.2, 0.25) is 5.91 Å². The Morgan fingerprint density at radius 2 is 1.88 bits per heavy atom. The summed E-state index contributed by atoms with van der Waals surface area (Å²) in [7, 11) is -1.85. The number of benzene rings is 1. The van der Waals surface area contributed by atoms with Gasteiger partial charge in [0.05, 0.1) is 17.3 Å². The van der Waals surface area contributed by atoms with E-state index in [0.29, 0.717) is 36.6 Å². The fourth-order valence-corrected chi connectivity index (χ4v) is 5.34. The zero-order valence-electron chi connectivity index (χ0n) is 14.5. The van der Waals surface area contributed by atoms with E-state index in [1.54, 1.807) is 59.8 Å². The number of piperidine rings is 1. The van der Waals surface area contributed by atoms with E-state index >= 15 is 0 Å². The van der Waals surface area contributed by atoms with Crippen LogP contribution in [0.2, 0.25) is 0 Å². The first-order chi connectivity index (χ1) is 12.5. The van der Waals surface area contributed by atoms with Crippen LogP contribution in [0.3, 0.4) is 0 Å². The number of ether oxygens (including phenoxy) is 1. The predicted molar refractivity (Wildman–Crippen MR) is 103 cm³/mol. The van der Waals surface area contributed by atoms with Crippen molar-refractivity contribution in [3.63, 3.8) is 0 Å². The lowest BCUT2D eigenvalue weighted by Crippen LogP contribution is -2.41. The molecule has 0 radical (unpaired) electrons. The summed E-state index contributed by atoms with van der Waals surface area (Å²) in [6.45, 7) is 0.904. The number of methoxy groups -OCH3 is 1. The molecule has 7 heteroatoms. The minimum Gasteiger partial charge on any atom is -0.497 e. The fraction of sp³-hybridized carbons (Fsp3) is 0.316. The SMILES string of the molecule is COc1ccc(S(=O)(=O)C2CCN(C(=O)/C=C/c3cccs3)CC2)cc1. The molecule has 3 rings (SSSR count). The number of carbonyl (C=O) groups is 1. The summed E-state index contributed by atoms with van der Waals surface area (Å²) in [5.41, 5.74) is 0. The van der Waals surface area contributed by atoms with Gasteiger partial charge in [0.1, 0.15) is 5.75 Å². The first-order valence-corrected chi connectivity index (χ1v) is 10.8. The van der Waals surface area contributed by atoms with Gasteiger partial charge in [-0.25, -0.2) is 8.42 Å². The van der Waals surface area contributed by atoms with Gasteiger partial charge in [-0.2, -0.15) is 0 Å². The van der Waals surface area contributed by atoms with Crippen molar-refractivity contribution >= 4 is 33.2 Å². The van der Waals surface area contributed by atoms with E-state index in [0.717, 1.165) is 4.88 Å². The molecule has 1 aliphatic rings. The molecule has 1 aliphatic heterocycles. The van der Waals surface area contributed by atoms with Gasteiger partial charge in [-0.05, 0) is 54.6 Å². The molecule has 2 aromatic rings. The molecule has 2 heterocycles. The lowest BCUT2D eigenvalue weighted by Gasteiger charge is -2.31. The summed E-state index contributed by atoms with van der Waals surface area (Å²) in [5.74, 6) is 0.556. The highest BCUT2D eigenvalue weighted by atomic mass is 32.2. The molecular weight excluding hydrogens is 370 g/mol. The summed E-state index contributed by atoms with van der Waals surface area (Å²) < 4.78 is 30.6. The molecule has 1 aromatic heterocycles. The van der Waals surface area contributed by atoms with Gasteiger partial charge >= 0.3 is 0 Å². The van der Waals surface area contributed by atoms with E-state index in [1.165, 1.54) is 0 Å². The maximum Gasteiger partial charge on any atom is 0.246 e. The normalized spacial score (nSPS) is 16.1. The van der Waals surface area contributed by atoms with Crippen LogP contribution in [-0.4, -0.2) is 44.7 Å². The lowest BCUT2D eigenvalue weighted by molar-refractivity contribution is -0.126. The van der Waals surface area contributed by atoms with Gasteiger partial charge in [-0.3, -0.25) is 4.79 Å². The van der Waals surface area contributed by atoms with Crippen molar-refractivity contribution in [2.45, 2.75) is 23.0 Å². The summed E-state index contributed by atoms with van der Waals surface area (Å²) in [6.07, 6.45) is 4.26. The van der Waals surface area contributed by atoms with E-state index in [-0.39, 0.29) is 5.91 Å². The van der Waals surface area contributed by atoms with Crippen molar-refractivity contribution in [3.8, 4) is 5.75 Å². The van der Waals surface area contributed by atoms with Crippen LogP contribution in [0.15, 0.2) is 52.7 Å². The number of likely N-dealkylation sites (tertiary alicyclic amines) is 1. The maximum absolute atomic E-state index is 12.8. The van der Waals surface area contributed by atoms with Crippen molar-refractivity contribution in [3.05, 3.63) is 52.7 Å². The second-order valence-electron chi connectivity index (χ2n) is 6.09. The molecule has 0 unspecified atom stereocenters. The summed E-state index contributed by atoms with van der Waals surface area (Å²) in [6, 6.07) is 10.3. The number of nitrogens with zero attached hydrogens (tertiary/aromatic N) is 1. The van der Waals surface area contributed by atoms with Crippen LogP contribution in [0.1, 0.15) is 17.7 Å². The Bertz CT molecular complexity index is 863. The molecular formula is C19H21NO4S2. The Hall–Kier alpha value is -2.12. The number of sulfone groups is 1. The second-order valence-corrected chi connectivity index (χ2v) is 9.30. The van der Waals surface area contributed by atoms with Crippen LogP contribution in [0.5, 0.6) is 5.75 Å². The molecule has 0 aliphatic carbocycles. The van der Waals surface area contributed by atoms with Gasteiger partial charge in [-0.15, -0.1) is 11.3 Å². The van der Waals surface area contributed by atoms with E-state index < -0.39 is 15.1 Å². The number of hydrogen-bond donors (Lipinski definition) is 0. The van der Waals surface area contributed by atoms with E-state index in [9.17, 15) is 13.2 Å². The van der Waals surface area contributed by atoms with Crippen molar-refractivity contribution in [1.29, 1.82) is 0 Å². The van der Waals surface area contributed by atoms with Crippen LogP contribution < -0.4 is 4.74 Å². The van der Waals surface area contributed by atoms with Crippen molar-refractivity contribution in [1.82, 2.24) is 4.90 Å². The number of thiophene rings is 1. The van der Waals surface area contributed by atoms with Crippen LogP contribution >= 0.6 is 11.3 Å². The van der Waals surface area contributed by atoms with E-state index in [1.807, 2.05) is 17.5 Å². The van der Waals surface area contributed by atoms with Crippen LogP contribution in [0, 0.1) is 0 Å². The van der Waals surface area contributed by atoms with Crippen molar-refractivity contribution < 1.29 is 17.9 Å². The first kappa shape index (κ1) is 18.7. The molecule has 1 saturated heterocycles. The third-order valence-electron chi connectivity index (χ3n) is 4.51. The van der Waals surface area contributed by atoms with Crippen LogP contribution in [0.25, 0.3) is 6.08 Å². The fourth-order valence-electron chi connectivity index (χ4n) is 2.99. The molecule has 138 valence electrons. The third-order valence-corrected chi connectivity index (χ3v) is 7.63. The average Bonchev–Trinajstić information content (AvgIpc) is 3.20. The largest absolute Gasteiger partial charge is 0.497 e. The molecule has 1 aromatic carbocycles. The monoisotopic (exact) mass is 391 g/mol. The molecule has 0 atom stereocenters. The zero-order chi connectivity index (χ0) is 18.6. The number of amides is 1. The van der Waals surface area contributed by atoms with E-state index in [2.05, 4.69) is 0 Å². The molecule has 0 bridgehead atoms. The van der Waals surface area contributed by atoms with Crippen molar-refractivity contribution in [2.24, 2.45) is 0 Å². The smallest absolute Gasteiger partial charge is 0.246 e. The Morgan fingerprint density at radius 3 is 2.46 bits per heavy atom. The summed E-state index contributed by atoms with van der Waals surface area (Å²) in [5, 5.41) is 1.50. The van der Waals surface area contributed by atoms with Crippen LogP contribution in [-0.2, 0) is 14.6 Å². The highest BCUT2D eigenvalue weighted by molar-refractivity contribution is 7.92. The average molecular weight is 392 g/mol. The minimum atomic E-state index is -3.39. The Morgan fingerprint density at radius 1 is 1.19 bits per heavy atom. The predicted octanol–water partition coefficient (Wildman–Crippen LogP) is 3.23. The molecule has 0 saturated carbocycles. The third kappa shape index (κ3) is 4.16. The topological polar surface area (TPSA) is 63.7 Å². The van der Waals surface area contributed by atoms with Gasteiger partial charge in [0, 0.05) is 24.0 Å². The van der Waals surface area contributed by atoms with Crippen LogP contribution in [0.4, 0.5) is 0 Å². The Balaban J connectivity index is 1.61. The molecule has 0 spiro atoms. The first-order valence-electron chi connectivity index (χ1n) is 8.39. The van der Waals surface area contributed by atoms with Gasteiger partial charge in [0.15, 0.2) is 9.84 Å². The summed E-state index contributed by atoms with van der Waals surface area (Å²) >= 11 is 1.57. The van der Waals surface area contributed by atoms with Gasteiger partial charge < -0.3 is 9.64 Å². The molecule has 0 N–H and O–H groups in total.